The van der Waals surface area contributed by atoms with Crippen LogP contribution in [0.3, 0.4) is 0 Å². The Morgan fingerprint density at radius 2 is 2.05 bits per heavy atom. The minimum Gasteiger partial charge on any atom is -0.506 e. The topological polar surface area (TPSA) is 68.9 Å². The Bertz CT molecular complexity index is 837. The first-order chi connectivity index (χ1) is 10.3. The molecule has 4 heteroatoms. The number of aromatic hydroxyl groups is 1. The van der Waals surface area contributed by atoms with E-state index in [-0.39, 0.29) is 5.75 Å². The highest BCUT2D eigenvalue weighted by atomic mass is 16.3. The molecule has 1 aromatic heterocycles. The van der Waals surface area contributed by atoms with Gasteiger partial charge in [0.1, 0.15) is 11.3 Å². The quantitative estimate of drug-likeness (QED) is 0.768. The number of hydrogen-bond acceptors (Lipinski definition) is 4. The molecule has 4 nitrogen and oxygen atoms in total. The van der Waals surface area contributed by atoms with E-state index >= 15 is 0 Å². The minimum absolute atomic E-state index is 0.181. The number of phenolic OH excluding ortho intramolecular Hbond substituents is 1. The largest absolute Gasteiger partial charge is 0.506 e. The van der Waals surface area contributed by atoms with E-state index in [1.165, 1.54) is 0 Å². The summed E-state index contributed by atoms with van der Waals surface area (Å²) in [5, 5.41) is 22.9. The van der Waals surface area contributed by atoms with Crippen molar-refractivity contribution >= 4 is 16.6 Å². The van der Waals surface area contributed by atoms with Crippen molar-refractivity contribution in [3.8, 4) is 11.8 Å². The van der Waals surface area contributed by atoms with Gasteiger partial charge >= 0.3 is 0 Å². The lowest BCUT2D eigenvalue weighted by Crippen LogP contribution is -2.00. The van der Waals surface area contributed by atoms with E-state index in [2.05, 4.69) is 16.4 Å². The molecule has 0 saturated carbocycles. The van der Waals surface area contributed by atoms with Crippen LogP contribution in [0, 0.1) is 11.3 Å². The zero-order valence-electron chi connectivity index (χ0n) is 11.2. The second kappa shape index (κ2) is 5.51. The SMILES string of the molecule is N#Cc1cccc(NCc2ccc(O)c3ncccc23)c1. The second-order valence-electron chi connectivity index (χ2n) is 4.69. The van der Waals surface area contributed by atoms with E-state index in [9.17, 15) is 5.11 Å². The highest BCUT2D eigenvalue weighted by molar-refractivity contribution is 5.87. The molecule has 21 heavy (non-hydrogen) atoms. The van der Waals surface area contributed by atoms with Crippen LogP contribution in [0.25, 0.3) is 10.9 Å². The lowest BCUT2D eigenvalue weighted by atomic mass is 10.1. The number of phenols is 1. The number of nitrogens with zero attached hydrogens (tertiary/aromatic N) is 2. The van der Waals surface area contributed by atoms with Gasteiger partial charge in [-0.2, -0.15) is 5.26 Å². The second-order valence-corrected chi connectivity index (χ2v) is 4.69. The third kappa shape index (κ3) is 2.63. The third-order valence-electron chi connectivity index (χ3n) is 3.31. The summed E-state index contributed by atoms with van der Waals surface area (Å²) in [4.78, 5) is 4.20. The Morgan fingerprint density at radius 3 is 2.90 bits per heavy atom. The van der Waals surface area contributed by atoms with Gasteiger partial charge in [0, 0.05) is 23.8 Å². The summed E-state index contributed by atoms with van der Waals surface area (Å²) in [6.07, 6.45) is 1.66. The first-order valence-electron chi connectivity index (χ1n) is 6.57. The predicted octanol–water partition coefficient (Wildman–Crippen LogP) is 3.42. The van der Waals surface area contributed by atoms with E-state index in [1.54, 1.807) is 24.4 Å². The Kier molecular flexibility index (Phi) is 3.40. The highest BCUT2D eigenvalue weighted by Gasteiger charge is 2.06. The first kappa shape index (κ1) is 12.9. The number of fused-ring (bicyclic) bond motifs is 1. The predicted molar refractivity (Wildman–Crippen MR) is 81.9 cm³/mol. The third-order valence-corrected chi connectivity index (χ3v) is 3.31. The Labute approximate surface area is 122 Å². The molecule has 3 aromatic rings. The average molecular weight is 275 g/mol. The van der Waals surface area contributed by atoms with Gasteiger partial charge in [0.2, 0.25) is 0 Å². The van der Waals surface area contributed by atoms with Gasteiger partial charge in [0.15, 0.2) is 0 Å². The van der Waals surface area contributed by atoms with Gasteiger partial charge in [-0.15, -0.1) is 0 Å². The number of nitrogens with one attached hydrogen (secondary N) is 1. The van der Waals surface area contributed by atoms with Gasteiger partial charge in [-0.1, -0.05) is 18.2 Å². The van der Waals surface area contributed by atoms with Crippen LogP contribution < -0.4 is 5.32 Å². The summed E-state index contributed by atoms with van der Waals surface area (Å²) in [5.41, 5.74) is 3.15. The zero-order valence-corrected chi connectivity index (χ0v) is 11.2. The van der Waals surface area contributed by atoms with Crippen LogP contribution in [0.2, 0.25) is 0 Å². The van der Waals surface area contributed by atoms with Crippen molar-refractivity contribution in [3.63, 3.8) is 0 Å². The maximum absolute atomic E-state index is 9.83. The fourth-order valence-corrected chi connectivity index (χ4v) is 2.27. The molecule has 0 spiro atoms. The molecule has 0 saturated heterocycles. The first-order valence-corrected chi connectivity index (χ1v) is 6.57. The maximum Gasteiger partial charge on any atom is 0.141 e. The molecule has 0 aliphatic carbocycles. The number of pyridine rings is 1. The fraction of sp³-hybridized carbons (Fsp3) is 0.0588. The number of hydrogen-bond donors (Lipinski definition) is 2. The average Bonchev–Trinajstić information content (AvgIpc) is 2.55. The molecule has 0 fully saturated rings. The van der Waals surface area contributed by atoms with Gasteiger partial charge in [-0.25, -0.2) is 0 Å². The number of rotatable bonds is 3. The Balaban J connectivity index is 1.89. The van der Waals surface area contributed by atoms with Crippen LogP contribution in [0.1, 0.15) is 11.1 Å². The number of benzene rings is 2. The Hall–Kier alpha value is -3.06. The molecule has 0 aliphatic rings. The summed E-state index contributed by atoms with van der Waals surface area (Å²) in [5.74, 6) is 0.181. The van der Waals surface area contributed by atoms with E-state index in [1.807, 2.05) is 30.3 Å². The fourth-order valence-electron chi connectivity index (χ4n) is 2.27. The lowest BCUT2D eigenvalue weighted by molar-refractivity contribution is 0.480. The standard InChI is InChI=1S/C17H13N3O/c18-10-12-3-1-4-14(9-12)20-11-13-6-7-16(21)17-15(13)5-2-8-19-17/h1-9,20-21H,11H2. The van der Waals surface area contributed by atoms with Gasteiger partial charge < -0.3 is 10.4 Å². The van der Waals surface area contributed by atoms with E-state index in [0.29, 0.717) is 17.6 Å². The summed E-state index contributed by atoms with van der Waals surface area (Å²) in [6.45, 7) is 0.595. The number of aromatic nitrogens is 1. The molecule has 0 radical (unpaired) electrons. The Morgan fingerprint density at radius 1 is 1.14 bits per heavy atom. The molecule has 0 unspecified atom stereocenters. The molecule has 0 amide bonds. The molecule has 0 aliphatic heterocycles. The maximum atomic E-state index is 9.83. The molecule has 0 bridgehead atoms. The van der Waals surface area contributed by atoms with Crippen LogP contribution in [0.4, 0.5) is 5.69 Å². The summed E-state index contributed by atoms with van der Waals surface area (Å²) < 4.78 is 0. The van der Waals surface area contributed by atoms with Crippen LogP contribution >= 0.6 is 0 Å². The normalized spacial score (nSPS) is 10.2. The summed E-state index contributed by atoms with van der Waals surface area (Å²) in [7, 11) is 0. The van der Waals surface area contributed by atoms with Gasteiger partial charge in [0.25, 0.3) is 0 Å². The monoisotopic (exact) mass is 275 g/mol. The van der Waals surface area contributed by atoms with E-state index < -0.39 is 0 Å². The zero-order chi connectivity index (χ0) is 14.7. The van der Waals surface area contributed by atoms with Crippen molar-refractivity contribution in [3.05, 3.63) is 65.9 Å². The summed E-state index contributed by atoms with van der Waals surface area (Å²) >= 11 is 0. The van der Waals surface area contributed by atoms with Crippen molar-refractivity contribution in [2.45, 2.75) is 6.54 Å². The van der Waals surface area contributed by atoms with E-state index in [4.69, 9.17) is 5.26 Å². The van der Waals surface area contributed by atoms with E-state index in [0.717, 1.165) is 16.6 Å². The molecule has 2 N–H and O–H groups in total. The van der Waals surface area contributed by atoms with Crippen molar-refractivity contribution in [1.29, 1.82) is 5.26 Å². The molecular weight excluding hydrogens is 262 g/mol. The molecule has 102 valence electrons. The van der Waals surface area contributed by atoms with Crippen LogP contribution in [0.15, 0.2) is 54.7 Å². The number of anilines is 1. The van der Waals surface area contributed by atoms with Crippen molar-refractivity contribution in [2.75, 3.05) is 5.32 Å². The van der Waals surface area contributed by atoms with Gasteiger partial charge in [-0.3, -0.25) is 4.98 Å². The van der Waals surface area contributed by atoms with Crippen LogP contribution in [-0.4, -0.2) is 10.1 Å². The van der Waals surface area contributed by atoms with Gasteiger partial charge in [0.05, 0.1) is 11.6 Å². The minimum atomic E-state index is 0.181. The molecule has 0 atom stereocenters. The van der Waals surface area contributed by atoms with Crippen molar-refractivity contribution in [1.82, 2.24) is 4.98 Å². The van der Waals surface area contributed by atoms with Crippen molar-refractivity contribution in [2.24, 2.45) is 0 Å². The molecular formula is C17H13N3O. The van der Waals surface area contributed by atoms with Crippen LogP contribution in [-0.2, 0) is 6.54 Å². The molecule has 3 rings (SSSR count). The number of nitriles is 1. The highest BCUT2D eigenvalue weighted by Crippen LogP contribution is 2.26. The van der Waals surface area contributed by atoms with Gasteiger partial charge in [-0.05, 0) is 35.9 Å². The summed E-state index contributed by atoms with van der Waals surface area (Å²) in [6, 6.07) is 16.8. The lowest BCUT2D eigenvalue weighted by Gasteiger charge is -2.10. The molecule has 1 heterocycles. The van der Waals surface area contributed by atoms with Crippen molar-refractivity contribution < 1.29 is 5.11 Å². The smallest absolute Gasteiger partial charge is 0.141 e. The molecule has 2 aromatic carbocycles. The van der Waals surface area contributed by atoms with Crippen LogP contribution in [0.5, 0.6) is 5.75 Å².